The lowest BCUT2D eigenvalue weighted by atomic mass is 9.71. The van der Waals surface area contributed by atoms with Gasteiger partial charge >= 0.3 is 0 Å². The number of nitrogens with one attached hydrogen (secondary N) is 1. The second-order valence-electron chi connectivity index (χ2n) is 11.2. The van der Waals surface area contributed by atoms with E-state index in [1.54, 1.807) is 0 Å². The summed E-state index contributed by atoms with van der Waals surface area (Å²) in [6, 6.07) is 0.451. The van der Waals surface area contributed by atoms with Crippen molar-refractivity contribution in [2.24, 2.45) is 11.3 Å². The summed E-state index contributed by atoms with van der Waals surface area (Å²) >= 11 is 0. The maximum Gasteiger partial charge on any atom is 0.236 e. The highest BCUT2D eigenvalue weighted by atomic mass is 16.2. The predicted molar refractivity (Wildman–Crippen MR) is 138 cm³/mol. The third kappa shape index (κ3) is 9.71. The van der Waals surface area contributed by atoms with E-state index >= 15 is 0 Å². The van der Waals surface area contributed by atoms with E-state index in [2.05, 4.69) is 42.8 Å². The molecule has 2 saturated heterocycles. The largest absolute Gasteiger partial charge is 0.340 e. The van der Waals surface area contributed by atoms with Gasteiger partial charge in [0.1, 0.15) is 0 Å². The predicted octanol–water partition coefficient (Wildman–Crippen LogP) is 6.25. The first-order valence-corrected chi connectivity index (χ1v) is 14.3. The van der Waals surface area contributed by atoms with Crippen LogP contribution in [-0.4, -0.2) is 61.0 Å². The van der Waals surface area contributed by atoms with Crippen molar-refractivity contribution in [1.82, 2.24) is 15.1 Å². The Kier molecular flexibility index (Phi) is 13.2. The highest BCUT2D eigenvalue weighted by Gasteiger charge is 2.46. The van der Waals surface area contributed by atoms with Crippen molar-refractivity contribution >= 4 is 5.91 Å². The molecule has 2 aliphatic rings. The third-order valence-electron chi connectivity index (χ3n) is 8.11. The Bertz CT molecular complexity index is 493. The first kappa shape index (κ1) is 27.6. The second-order valence-corrected chi connectivity index (χ2v) is 11.2. The molecule has 2 rings (SSSR count). The monoisotopic (exact) mass is 449 g/mol. The van der Waals surface area contributed by atoms with Gasteiger partial charge in [0.2, 0.25) is 5.91 Å². The van der Waals surface area contributed by atoms with Gasteiger partial charge in [-0.25, -0.2) is 0 Å². The lowest BCUT2D eigenvalue weighted by Gasteiger charge is -2.54. The summed E-state index contributed by atoms with van der Waals surface area (Å²) in [5.41, 5.74) is 0.430. The minimum atomic E-state index is 0.312. The zero-order valence-corrected chi connectivity index (χ0v) is 22.1. The summed E-state index contributed by atoms with van der Waals surface area (Å²) in [6.07, 6.45) is 18.7. The third-order valence-corrected chi connectivity index (χ3v) is 8.11. The molecule has 2 heterocycles. The number of hydrogen-bond donors (Lipinski definition) is 1. The number of piperidine rings is 1. The molecule has 188 valence electrons. The fourth-order valence-electron chi connectivity index (χ4n) is 5.69. The van der Waals surface area contributed by atoms with Crippen molar-refractivity contribution in [3.05, 3.63) is 0 Å². The molecule has 0 bridgehead atoms. The fraction of sp³-hybridized carbons (Fsp3) is 0.964. The van der Waals surface area contributed by atoms with Crippen LogP contribution in [0.25, 0.3) is 0 Å². The van der Waals surface area contributed by atoms with Crippen molar-refractivity contribution in [1.29, 1.82) is 0 Å². The minimum Gasteiger partial charge on any atom is -0.340 e. The number of hydrogen-bond acceptors (Lipinski definition) is 3. The topological polar surface area (TPSA) is 35.6 Å². The van der Waals surface area contributed by atoms with Gasteiger partial charge in [-0.2, -0.15) is 0 Å². The molecule has 0 aromatic rings. The molecule has 2 atom stereocenters. The summed E-state index contributed by atoms with van der Waals surface area (Å²) < 4.78 is 0. The van der Waals surface area contributed by atoms with Crippen LogP contribution < -0.4 is 5.32 Å². The molecule has 2 fully saturated rings. The van der Waals surface area contributed by atoms with E-state index in [1.807, 2.05) is 0 Å². The van der Waals surface area contributed by atoms with Gasteiger partial charge in [0.05, 0.1) is 6.54 Å². The van der Waals surface area contributed by atoms with Gasteiger partial charge < -0.3 is 15.1 Å². The zero-order chi connectivity index (χ0) is 23.2. The van der Waals surface area contributed by atoms with Crippen LogP contribution in [0, 0.1) is 11.3 Å². The lowest BCUT2D eigenvalue weighted by molar-refractivity contribution is -0.146. The highest BCUT2D eigenvalue weighted by molar-refractivity contribution is 5.79. The Hall–Kier alpha value is -0.610. The van der Waals surface area contributed by atoms with Gasteiger partial charge in [-0.3, -0.25) is 4.79 Å². The van der Waals surface area contributed by atoms with Crippen molar-refractivity contribution < 1.29 is 4.79 Å². The van der Waals surface area contributed by atoms with Gasteiger partial charge in [-0.1, -0.05) is 78.6 Å². The van der Waals surface area contributed by atoms with E-state index in [9.17, 15) is 4.79 Å². The van der Waals surface area contributed by atoms with Crippen LogP contribution in [0.3, 0.4) is 0 Å². The minimum absolute atomic E-state index is 0.312. The zero-order valence-electron chi connectivity index (χ0n) is 22.1. The van der Waals surface area contributed by atoms with E-state index in [1.165, 1.54) is 110 Å². The summed E-state index contributed by atoms with van der Waals surface area (Å²) in [6.45, 7) is 15.4. The molecule has 0 saturated carbocycles. The van der Waals surface area contributed by atoms with Crippen LogP contribution in [0.1, 0.15) is 118 Å². The van der Waals surface area contributed by atoms with Crippen LogP contribution in [-0.2, 0) is 4.79 Å². The highest BCUT2D eigenvalue weighted by Crippen LogP contribution is 2.40. The molecule has 1 spiro atoms. The molecule has 2 aliphatic heterocycles. The average molecular weight is 450 g/mol. The van der Waals surface area contributed by atoms with Crippen LogP contribution in [0.2, 0.25) is 0 Å². The number of likely N-dealkylation sites (tertiary alicyclic amines) is 2. The molecular formula is C28H55N3O. The molecule has 0 radical (unpaired) electrons. The molecule has 0 aromatic carbocycles. The molecule has 0 aliphatic carbocycles. The fourth-order valence-corrected chi connectivity index (χ4v) is 5.69. The molecule has 1 N–H and O–H groups in total. The number of amides is 1. The first-order valence-electron chi connectivity index (χ1n) is 14.3. The Labute approximate surface area is 200 Å². The van der Waals surface area contributed by atoms with Crippen LogP contribution in [0.4, 0.5) is 0 Å². The molecular weight excluding hydrogens is 394 g/mol. The maximum atomic E-state index is 12.6. The quantitative estimate of drug-likeness (QED) is 0.267. The van der Waals surface area contributed by atoms with Crippen molar-refractivity contribution in [2.45, 2.75) is 124 Å². The molecule has 4 heteroatoms. The Morgan fingerprint density at radius 2 is 1.44 bits per heavy atom. The summed E-state index contributed by atoms with van der Waals surface area (Å²) in [4.78, 5) is 17.5. The van der Waals surface area contributed by atoms with Gasteiger partial charge in [-0.15, -0.1) is 0 Å². The summed E-state index contributed by atoms with van der Waals surface area (Å²) in [5.74, 6) is 1.21. The van der Waals surface area contributed by atoms with Crippen molar-refractivity contribution in [2.75, 3.05) is 39.3 Å². The van der Waals surface area contributed by atoms with Gasteiger partial charge in [0, 0.05) is 31.1 Å². The van der Waals surface area contributed by atoms with Crippen molar-refractivity contribution in [3.8, 4) is 0 Å². The van der Waals surface area contributed by atoms with Crippen LogP contribution >= 0.6 is 0 Å². The molecule has 4 nitrogen and oxygen atoms in total. The molecule has 32 heavy (non-hydrogen) atoms. The smallest absolute Gasteiger partial charge is 0.236 e. The molecule has 1 amide bonds. The maximum absolute atomic E-state index is 12.6. The number of rotatable bonds is 17. The lowest BCUT2D eigenvalue weighted by Crippen LogP contribution is -2.63. The Balaban J connectivity index is 1.64. The normalized spacial score (nSPS) is 20.3. The van der Waals surface area contributed by atoms with E-state index < -0.39 is 0 Å². The Morgan fingerprint density at radius 3 is 2.09 bits per heavy atom. The van der Waals surface area contributed by atoms with Crippen LogP contribution in [0.15, 0.2) is 0 Å². The van der Waals surface area contributed by atoms with Gasteiger partial charge in [0.25, 0.3) is 0 Å². The summed E-state index contributed by atoms with van der Waals surface area (Å²) in [7, 11) is 0. The summed E-state index contributed by atoms with van der Waals surface area (Å²) in [5, 5.41) is 3.45. The molecule has 0 aromatic heterocycles. The average Bonchev–Trinajstić information content (AvgIpc) is 2.77. The SMILES string of the molecule is CCCCCCC(CCCC)CN1CCC2(CC1)CN(C(=O)CNC(C)CCCCC)C2. The van der Waals surface area contributed by atoms with Gasteiger partial charge in [-0.05, 0) is 58.0 Å². The standard InChI is InChI=1S/C28H55N3O/c1-5-8-11-13-16-26(15-10-7-3)22-30-19-17-28(18-20-30)23-31(24-28)27(32)21-29-25(4)14-12-9-6-2/h25-26,29H,5-24H2,1-4H3. The van der Waals surface area contributed by atoms with E-state index in [0.29, 0.717) is 23.9 Å². The van der Waals surface area contributed by atoms with Gasteiger partial charge in [0.15, 0.2) is 0 Å². The van der Waals surface area contributed by atoms with Crippen molar-refractivity contribution in [3.63, 3.8) is 0 Å². The number of nitrogens with zero attached hydrogens (tertiary/aromatic N) is 2. The van der Waals surface area contributed by atoms with E-state index in [0.717, 1.165) is 19.0 Å². The number of carbonyl (C=O) groups is 1. The van der Waals surface area contributed by atoms with Crippen LogP contribution in [0.5, 0.6) is 0 Å². The second kappa shape index (κ2) is 15.3. The van der Waals surface area contributed by atoms with E-state index in [4.69, 9.17) is 0 Å². The Morgan fingerprint density at radius 1 is 0.844 bits per heavy atom. The number of carbonyl (C=O) groups excluding carboxylic acids is 1. The number of unbranched alkanes of at least 4 members (excludes halogenated alkanes) is 6. The van der Waals surface area contributed by atoms with E-state index in [-0.39, 0.29) is 0 Å². The first-order chi connectivity index (χ1) is 15.5. The molecule has 2 unspecified atom stereocenters.